The highest BCUT2D eigenvalue weighted by Crippen LogP contribution is 2.30. The molecule has 0 spiro atoms. The van der Waals surface area contributed by atoms with Gasteiger partial charge >= 0.3 is 0 Å². The summed E-state index contributed by atoms with van der Waals surface area (Å²) in [4.78, 5) is 29.9. The number of hydrogen-bond donors (Lipinski definition) is 2. The van der Waals surface area contributed by atoms with Gasteiger partial charge < -0.3 is 24.7 Å². The molecule has 0 saturated heterocycles. The summed E-state index contributed by atoms with van der Waals surface area (Å²) in [6.45, 7) is 4.45. The lowest BCUT2D eigenvalue weighted by Crippen LogP contribution is -2.31. The van der Waals surface area contributed by atoms with E-state index in [2.05, 4.69) is 15.6 Å². The maximum Gasteiger partial charge on any atom is 0.291 e. The third-order valence-electron chi connectivity index (χ3n) is 4.61. The van der Waals surface area contributed by atoms with E-state index in [1.54, 1.807) is 25.3 Å². The Morgan fingerprint density at radius 1 is 1.14 bits per heavy atom. The SMILES string of the molecule is COc1ccc(NC(=O)c2nc(C(=O)NC(C)C)c3n2CCCC3)c(OC)c1. The molecule has 1 aromatic carbocycles. The van der Waals surface area contributed by atoms with E-state index in [0.717, 1.165) is 25.0 Å². The molecule has 8 nitrogen and oxygen atoms in total. The smallest absolute Gasteiger partial charge is 0.291 e. The molecule has 1 aliphatic rings. The van der Waals surface area contributed by atoms with Gasteiger partial charge in [0.15, 0.2) is 5.82 Å². The number of hydrogen-bond acceptors (Lipinski definition) is 5. The second kappa shape index (κ2) is 8.33. The van der Waals surface area contributed by atoms with Crippen LogP contribution in [-0.2, 0) is 13.0 Å². The highest BCUT2D eigenvalue weighted by molar-refractivity contribution is 6.04. The van der Waals surface area contributed by atoms with Gasteiger partial charge in [0.25, 0.3) is 11.8 Å². The zero-order valence-corrected chi connectivity index (χ0v) is 16.7. The van der Waals surface area contributed by atoms with Gasteiger partial charge in [0.1, 0.15) is 17.2 Å². The Labute approximate surface area is 164 Å². The van der Waals surface area contributed by atoms with E-state index >= 15 is 0 Å². The summed E-state index contributed by atoms with van der Waals surface area (Å²) in [5, 5.41) is 5.70. The van der Waals surface area contributed by atoms with Crippen LogP contribution in [0.15, 0.2) is 18.2 Å². The first kappa shape index (κ1) is 19.7. The van der Waals surface area contributed by atoms with Crippen LogP contribution in [0.2, 0.25) is 0 Å². The number of nitrogens with one attached hydrogen (secondary N) is 2. The van der Waals surface area contributed by atoms with Crippen molar-refractivity contribution in [2.75, 3.05) is 19.5 Å². The molecule has 0 unspecified atom stereocenters. The maximum atomic E-state index is 13.0. The van der Waals surface area contributed by atoms with Gasteiger partial charge in [0, 0.05) is 18.7 Å². The van der Waals surface area contributed by atoms with Gasteiger partial charge in [-0.1, -0.05) is 0 Å². The van der Waals surface area contributed by atoms with Crippen molar-refractivity contribution in [2.45, 2.75) is 45.7 Å². The Morgan fingerprint density at radius 2 is 1.93 bits per heavy atom. The summed E-state index contributed by atoms with van der Waals surface area (Å²) in [5.41, 5.74) is 1.66. The topological polar surface area (TPSA) is 94.5 Å². The summed E-state index contributed by atoms with van der Waals surface area (Å²) in [6, 6.07) is 5.13. The minimum absolute atomic E-state index is 0.00530. The molecule has 2 N–H and O–H groups in total. The molecule has 0 fully saturated rings. The van der Waals surface area contributed by atoms with Crippen LogP contribution in [0.3, 0.4) is 0 Å². The molecular formula is C20H26N4O4. The highest BCUT2D eigenvalue weighted by atomic mass is 16.5. The molecule has 0 saturated carbocycles. The first-order valence-corrected chi connectivity index (χ1v) is 9.38. The fraction of sp³-hybridized carbons (Fsp3) is 0.450. The molecule has 1 aromatic heterocycles. The van der Waals surface area contributed by atoms with Gasteiger partial charge in [-0.25, -0.2) is 4.98 Å². The lowest BCUT2D eigenvalue weighted by Gasteiger charge is -2.17. The van der Waals surface area contributed by atoms with Crippen LogP contribution in [0.5, 0.6) is 11.5 Å². The number of nitrogens with zero attached hydrogens (tertiary/aromatic N) is 2. The normalized spacial score (nSPS) is 13.0. The summed E-state index contributed by atoms with van der Waals surface area (Å²) in [5.74, 6) is 0.718. The van der Waals surface area contributed by atoms with E-state index in [0.29, 0.717) is 29.4 Å². The minimum Gasteiger partial charge on any atom is -0.497 e. The lowest BCUT2D eigenvalue weighted by atomic mass is 10.1. The van der Waals surface area contributed by atoms with E-state index in [4.69, 9.17) is 9.47 Å². The van der Waals surface area contributed by atoms with Crippen LogP contribution in [0.25, 0.3) is 0 Å². The predicted octanol–water partition coefficient (Wildman–Crippen LogP) is 2.63. The first-order chi connectivity index (χ1) is 13.4. The van der Waals surface area contributed by atoms with E-state index in [-0.39, 0.29) is 23.7 Å². The van der Waals surface area contributed by atoms with Crippen LogP contribution in [0, 0.1) is 0 Å². The second-order valence-electron chi connectivity index (χ2n) is 6.99. The standard InChI is InChI=1S/C20H26N4O4/c1-12(2)21-19(25)17-15-7-5-6-10-24(15)18(23-17)20(26)22-14-9-8-13(27-3)11-16(14)28-4/h8-9,11-12H,5-7,10H2,1-4H3,(H,21,25)(H,22,26). The molecule has 0 aliphatic carbocycles. The molecule has 150 valence electrons. The third kappa shape index (κ3) is 3.95. The molecule has 2 heterocycles. The first-order valence-electron chi connectivity index (χ1n) is 9.38. The predicted molar refractivity (Wildman–Crippen MR) is 105 cm³/mol. The van der Waals surface area contributed by atoms with Gasteiger partial charge in [-0.2, -0.15) is 0 Å². The van der Waals surface area contributed by atoms with Crippen molar-refractivity contribution in [3.8, 4) is 11.5 Å². The Kier molecular flexibility index (Phi) is 5.87. The fourth-order valence-corrected chi connectivity index (χ4v) is 3.31. The van der Waals surface area contributed by atoms with Crippen molar-refractivity contribution in [2.24, 2.45) is 0 Å². The number of aromatic nitrogens is 2. The maximum absolute atomic E-state index is 13.0. The molecule has 28 heavy (non-hydrogen) atoms. The van der Waals surface area contributed by atoms with Gasteiger partial charge in [0.05, 0.1) is 25.6 Å². The Morgan fingerprint density at radius 3 is 2.61 bits per heavy atom. The highest BCUT2D eigenvalue weighted by Gasteiger charge is 2.28. The number of amides is 2. The van der Waals surface area contributed by atoms with Crippen LogP contribution < -0.4 is 20.1 Å². The molecule has 0 atom stereocenters. The Balaban J connectivity index is 1.92. The quantitative estimate of drug-likeness (QED) is 0.796. The summed E-state index contributed by atoms with van der Waals surface area (Å²) in [6.07, 6.45) is 2.65. The van der Waals surface area contributed by atoms with Crippen molar-refractivity contribution in [3.05, 3.63) is 35.4 Å². The second-order valence-corrected chi connectivity index (χ2v) is 6.99. The lowest BCUT2D eigenvalue weighted by molar-refractivity contribution is 0.0937. The van der Waals surface area contributed by atoms with E-state index in [1.807, 2.05) is 18.4 Å². The van der Waals surface area contributed by atoms with Gasteiger partial charge in [-0.05, 0) is 45.2 Å². The average molecular weight is 386 g/mol. The monoisotopic (exact) mass is 386 g/mol. The molecule has 3 rings (SSSR count). The Bertz CT molecular complexity index is 889. The van der Waals surface area contributed by atoms with E-state index in [1.165, 1.54) is 7.11 Å². The van der Waals surface area contributed by atoms with E-state index < -0.39 is 0 Å². The molecule has 1 aliphatic heterocycles. The summed E-state index contributed by atoms with van der Waals surface area (Å²) in [7, 11) is 3.09. The Hall–Kier alpha value is -3.03. The van der Waals surface area contributed by atoms with Gasteiger partial charge in [0.2, 0.25) is 0 Å². The summed E-state index contributed by atoms with van der Waals surface area (Å²) < 4.78 is 12.4. The van der Waals surface area contributed by atoms with Crippen LogP contribution in [-0.4, -0.2) is 41.6 Å². The third-order valence-corrected chi connectivity index (χ3v) is 4.61. The number of benzene rings is 1. The fourth-order valence-electron chi connectivity index (χ4n) is 3.31. The number of ether oxygens (including phenoxy) is 2. The number of rotatable bonds is 6. The molecule has 0 bridgehead atoms. The van der Waals surface area contributed by atoms with Crippen molar-refractivity contribution >= 4 is 17.5 Å². The zero-order chi connectivity index (χ0) is 20.3. The molecule has 2 aromatic rings. The van der Waals surface area contributed by atoms with Gasteiger partial charge in [-0.15, -0.1) is 0 Å². The van der Waals surface area contributed by atoms with E-state index in [9.17, 15) is 9.59 Å². The molecule has 0 radical (unpaired) electrons. The minimum atomic E-state index is -0.379. The molecule has 2 amide bonds. The van der Waals surface area contributed by atoms with Crippen molar-refractivity contribution in [3.63, 3.8) is 0 Å². The number of anilines is 1. The number of carbonyl (C=O) groups is 2. The van der Waals surface area contributed by atoms with Crippen LogP contribution in [0.4, 0.5) is 5.69 Å². The number of carbonyl (C=O) groups excluding carboxylic acids is 2. The number of methoxy groups -OCH3 is 2. The number of fused-ring (bicyclic) bond motifs is 1. The average Bonchev–Trinajstić information content (AvgIpc) is 3.07. The van der Waals surface area contributed by atoms with Crippen molar-refractivity contribution < 1.29 is 19.1 Å². The largest absolute Gasteiger partial charge is 0.497 e. The van der Waals surface area contributed by atoms with Crippen molar-refractivity contribution in [1.29, 1.82) is 0 Å². The van der Waals surface area contributed by atoms with Crippen molar-refractivity contribution in [1.82, 2.24) is 14.9 Å². The van der Waals surface area contributed by atoms with Crippen LogP contribution >= 0.6 is 0 Å². The molecular weight excluding hydrogens is 360 g/mol. The molecule has 8 heteroatoms. The van der Waals surface area contributed by atoms with Gasteiger partial charge in [-0.3, -0.25) is 9.59 Å². The van der Waals surface area contributed by atoms with Crippen LogP contribution in [0.1, 0.15) is 53.5 Å². The summed E-state index contributed by atoms with van der Waals surface area (Å²) >= 11 is 0. The number of imidazole rings is 1. The zero-order valence-electron chi connectivity index (χ0n) is 16.7.